The van der Waals surface area contributed by atoms with E-state index < -0.39 is 0 Å². The summed E-state index contributed by atoms with van der Waals surface area (Å²) in [5, 5.41) is 0.634. The molecule has 0 saturated heterocycles. The van der Waals surface area contributed by atoms with Crippen LogP contribution in [0.25, 0.3) is 0 Å². The summed E-state index contributed by atoms with van der Waals surface area (Å²) >= 11 is 1.53. The van der Waals surface area contributed by atoms with Crippen LogP contribution in [0.15, 0.2) is 36.4 Å². The summed E-state index contributed by atoms with van der Waals surface area (Å²) in [6.07, 6.45) is 3.30. The van der Waals surface area contributed by atoms with Crippen molar-refractivity contribution < 1.29 is 4.79 Å². The molecule has 1 aromatic heterocycles. The van der Waals surface area contributed by atoms with Gasteiger partial charge in [-0.3, -0.25) is 4.79 Å². The molecule has 94 valence electrons. The molecule has 2 nitrogen and oxygen atoms in total. The molecule has 1 heterocycles. The lowest BCUT2D eigenvalue weighted by Crippen LogP contribution is -2.02. The molecule has 18 heavy (non-hydrogen) atoms. The highest BCUT2D eigenvalue weighted by Crippen LogP contribution is 2.28. The van der Waals surface area contributed by atoms with Crippen molar-refractivity contribution in [2.75, 3.05) is 5.73 Å². The van der Waals surface area contributed by atoms with Gasteiger partial charge in [-0.1, -0.05) is 43.7 Å². The monoisotopic (exact) mass is 259 g/mol. The fourth-order valence-electron chi connectivity index (χ4n) is 1.85. The van der Waals surface area contributed by atoms with Gasteiger partial charge in [0.1, 0.15) is 0 Å². The number of anilines is 1. The Kier molecular flexibility index (Phi) is 4.15. The fourth-order valence-corrected chi connectivity index (χ4v) is 2.82. The summed E-state index contributed by atoms with van der Waals surface area (Å²) in [5.41, 5.74) is 7.30. The van der Waals surface area contributed by atoms with E-state index in [1.165, 1.54) is 16.2 Å². The van der Waals surface area contributed by atoms with Gasteiger partial charge in [0, 0.05) is 10.4 Å². The molecule has 1 aromatic carbocycles. The van der Waals surface area contributed by atoms with E-state index in [-0.39, 0.29) is 5.78 Å². The SMILES string of the molecule is CCCCc1cc(C(=O)c2ccccc2)c(N)s1. The van der Waals surface area contributed by atoms with Crippen LogP contribution in [0.5, 0.6) is 0 Å². The van der Waals surface area contributed by atoms with Gasteiger partial charge in [-0.25, -0.2) is 0 Å². The van der Waals surface area contributed by atoms with Crippen molar-refractivity contribution in [3.63, 3.8) is 0 Å². The van der Waals surface area contributed by atoms with Gasteiger partial charge in [-0.15, -0.1) is 11.3 Å². The van der Waals surface area contributed by atoms with Gasteiger partial charge in [0.2, 0.25) is 0 Å². The van der Waals surface area contributed by atoms with Gasteiger partial charge >= 0.3 is 0 Å². The summed E-state index contributed by atoms with van der Waals surface area (Å²) in [4.78, 5) is 13.5. The van der Waals surface area contributed by atoms with Gasteiger partial charge in [-0.05, 0) is 18.9 Å². The summed E-state index contributed by atoms with van der Waals surface area (Å²) in [5.74, 6) is 0.0205. The third-order valence-corrected chi connectivity index (χ3v) is 3.89. The third-order valence-electron chi connectivity index (χ3n) is 2.87. The number of hydrogen-bond acceptors (Lipinski definition) is 3. The first-order chi connectivity index (χ1) is 8.72. The zero-order valence-electron chi connectivity index (χ0n) is 10.5. The summed E-state index contributed by atoms with van der Waals surface area (Å²) < 4.78 is 0. The Morgan fingerprint density at radius 2 is 2.00 bits per heavy atom. The molecular formula is C15H17NOS. The van der Waals surface area contributed by atoms with Crippen molar-refractivity contribution in [2.45, 2.75) is 26.2 Å². The molecule has 2 aromatic rings. The number of nitrogen functional groups attached to an aromatic ring is 1. The lowest BCUT2D eigenvalue weighted by molar-refractivity contribution is 0.104. The molecule has 0 aliphatic heterocycles. The van der Waals surface area contributed by atoms with E-state index in [2.05, 4.69) is 6.92 Å². The second kappa shape index (κ2) is 5.83. The van der Waals surface area contributed by atoms with E-state index in [1.54, 1.807) is 0 Å². The summed E-state index contributed by atoms with van der Waals surface area (Å²) in [6.45, 7) is 2.16. The predicted molar refractivity (Wildman–Crippen MR) is 77.2 cm³/mol. The highest BCUT2D eigenvalue weighted by molar-refractivity contribution is 7.16. The number of unbranched alkanes of at least 4 members (excludes halogenated alkanes) is 1. The molecule has 3 heteroatoms. The highest BCUT2D eigenvalue weighted by atomic mass is 32.1. The van der Waals surface area contributed by atoms with Crippen molar-refractivity contribution in [1.82, 2.24) is 0 Å². The average molecular weight is 259 g/mol. The van der Waals surface area contributed by atoms with Crippen LogP contribution in [-0.2, 0) is 6.42 Å². The number of ketones is 1. The third kappa shape index (κ3) is 2.79. The first-order valence-corrected chi connectivity index (χ1v) is 7.02. The minimum absolute atomic E-state index is 0.0205. The highest BCUT2D eigenvalue weighted by Gasteiger charge is 2.15. The Bertz CT molecular complexity index is 531. The maximum absolute atomic E-state index is 12.3. The van der Waals surface area contributed by atoms with Gasteiger partial charge in [0.25, 0.3) is 0 Å². The van der Waals surface area contributed by atoms with Crippen molar-refractivity contribution in [3.05, 3.63) is 52.4 Å². The number of carbonyl (C=O) groups excluding carboxylic acids is 1. The van der Waals surface area contributed by atoms with Crippen LogP contribution in [0.4, 0.5) is 5.00 Å². The minimum Gasteiger partial charge on any atom is -0.390 e. The molecule has 0 amide bonds. The molecule has 0 aliphatic carbocycles. The molecule has 0 saturated carbocycles. The van der Waals surface area contributed by atoms with Crippen LogP contribution in [0, 0.1) is 0 Å². The zero-order chi connectivity index (χ0) is 13.0. The molecule has 0 radical (unpaired) electrons. The van der Waals surface area contributed by atoms with Crippen molar-refractivity contribution in [1.29, 1.82) is 0 Å². The van der Waals surface area contributed by atoms with Crippen molar-refractivity contribution >= 4 is 22.1 Å². The number of carbonyl (C=O) groups is 1. The first kappa shape index (κ1) is 12.8. The number of hydrogen-bond donors (Lipinski definition) is 1. The maximum atomic E-state index is 12.3. The van der Waals surface area contributed by atoms with Gasteiger partial charge in [-0.2, -0.15) is 0 Å². The van der Waals surface area contributed by atoms with Crippen LogP contribution < -0.4 is 5.73 Å². The number of nitrogens with two attached hydrogens (primary N) is 1. The second-order valence-corrected chi connectivity index (χ2v) is 5.46. The Morgan fingerprint density at radius 1 is 1.28 bits per heavy atom. The largest absolute Gasteiger partial charge is 0.390 e. The number of rotatable bonds is 5. The lowest BCUT2D eigenvalue weighted by atomic mass is 10.0. The Labute approximate surface area is 111 Å². The van der Waals surface area contributed by atoms with Crippen molar-refractivity contribution in [2.24, 2.45) is 0 Å². The molecular weight excluding hydrogens is 242 g/mol. The van der Waals surface area contributed by atoms with Crippen LogP contribution >= 0.6 is 11.3 Å². The fraction of sp³-hybridized carbons (Fsp3) is 0.267. The first-order valence-electron chi connectivity index (χ1n) is 6.20. The number of thiophene rings is 1. The summed E-state index contributed by atoms with van der Waals surface area (Å²) in [7, 11) is 0. The van der Waals surface area contributed by atoms with Crippen LogP contribution in [0.2, 0.25) is 0 Å². The number of benzene rings is 1. The molecule has 0 atom stereocenters. The lowest BCUT2D eigenvalue weighted by Gasteiger charge is -1.98. The van der Waals surface area contributed by atoms with E-state index in [4.69, 9.17) is 5.73 Å². The van der Waals surface area contributed by atoms with Crippen LogP contribution in [-0.4, -0.2) is 5.78 Å². The van der Waals surface area contributed by atoms with E-state index in [1.807, 2.05) is 36.4 Å². The average Bonchev–Trinajstić information content (AvgIpc) is 2.78. The van der Waals surface area contributed by atoms with E-state index in [0.29, 0.717) is 16.1 Å². The normalized spacial score (nSPS) is 10.5. The zero-order valence-corrected chi connectivity index (χ0v) is 11.3. The maximum Gasteiger partial charge on any atom is 0.195 e. The Balaban J connectivity index is 2.23. The smallest absolute Gasteiger partial charge is 0.195 e. The molecule has 0 aliphatic rings. The standard InChI is InChI=1S/C15H17NOS/c1-2-3-9-12-10-13(15(16)18-12)14(17)11-7-5-4-6-8-11/h4-8,10H,2-3,9,16H2,1H3. The predicted octanol–water partition coefficient (Wildman–Crippen LogP) is 3.90. The van der Waals surface area contributed by atoms with Gasteiger partial charge < -0.3 is 5.73 Å². The topological polar surface area (TPSA) is 43.1 Å². The quantitative estimate of drug-likeness (QED) is 0.827. The van der Waals surface area contributed by atoms with E-state index in [9.17, 15) is 4.79 Å². The van der Waals surface area contributed by atoms with Crippen LogP contribution in [0.3, 0.4) is 0 Å². The Hall–Kier alpha value is -1.61. The minimum atomic E-state index is 0.0205. The van der Waals surface area contributed by atoms with Gasteiger partial charge in [0.05, 0.1) is 10.6 Å². The molecule has 0 spiro atoms. The van der Waals surface area contributed by atoms with Crippen molar-refractivity contribution in [3.8, 4) is 0 Å². The molecule has 0 unspecified atom stereocenters. The molecule has 2 N–H and O–H groups in total. The Morgan fingerprint density at radius 3 is 2.67 bits per heavy atom. The molecule has 0 bridgehead atoms. The van der Waals surface area contributed by atoms with Gasteiger partial charge in [0.15, 0.2) is 5.78 Å². The number of aryl methyl sites for hydroxylation is 1. The van der Waals surface area contributed by atoms with Crippen LogP contribution in [0.1, 0.15) is 40.6 Å². The van der Waals surface area contributed by atoms with E-state index >= 15 is 0 Å². The molecule has 0 fully saturated rings. The van der Waals surface area contributed by atoms with E-state index in [0.717, 1.165) is 19.3 Å². The summed E-state index contributed by atoms with van der Waals surface area (Å²) in [6, 6.07) is 11.2. The molecule has 2 rings (SSSR count). The second-order valence-electron chi connectivity index (χ2n) is 4.29.